The lowest BCUT2D eigenvalue weighted by Crippen LogP contribution is -2.61. The van der Waals surface area contributed by atoms with Crippen LogP contribution >= 0.6 is 0 Å². The van der Waals surface area contributed by atoms with Crippen molar-refractivity contribution in [3.63, 3.8) is 0 Å². The summed E-state index contributed by atoms with van der Waals surface area (Å²) in [5, 5.41) is 31.2. The molecular weight excluding hydrogens is 781 g/mol. The monoisotopic (exact) mass is 847 g/mol. The molecular formula is C39H66N12O9. The predicted molar refractivity (Wildman–Crippen MR) is 222 cm³/mol. The summed E-state index contributed by atoms with van der Waals surface area (Å²) in [6.45, 7) is 6.07. The zero-order valence-electron chi connectivity index (χ0n) is 35.0. The van der Waals surface area contributed by atoms with Crippen LogP contribution in [-0.4, -0.2) is 133 Å². The Balaban J connectivity index is 2.69. The fourth-order valence-corrected chi connectivity index (χ4v) is 6.27. The van der Waals surface area contributed by atoms with E-state index in [2.05, 4.69) is 42.5 Å². The Kier molecular flexibility index (Phi) is 22.1. The minimum atomic E-state index is -1.55. The SMILES string of the molecule is CC[C@H](N)C(=O)N[C@H]1CCNC(=O)C([C@@H](C)O)NC(=O)[C@H](CCN)NC(=O)[C@H](CCN)NC(=O)[C@H](CC(C)C)NC(=O)[C@@H](Cc2ccccc2)NC(=O)[C@H](CCN)NC1=O. The van der Waals surface area contributed by atoms with E-state index >= 15 is 0 Å². The number of nitrogens with two attached hydrogens (primary N) is 4. The number of rotatable bonds is 14. The Morgan fingerprint density at radius 1 is 0.683 bits per heavy atom. The normalized spacial score (nSPS) is 25.6. The van der Waals surface area contributed by atoms with Gasteiger partial charge in [0.2, 0.25) is 47.3 Å². The van der Waals surface area contributed by atoms with Gasteiger partial charge in [0.05, 0.1) is 12.1 Å². The van der Waals surface area contributed by atoms with Crippen LogP contribution in [0.1, 0.15) is 71.8 Å². The maximum absolute atomic E-state index is 14.1. The van der Waals surface area contributed by atoms with Crippen molar-refractivity contribution in [3.05, 3.63) is 35.9 Å². The van der Waals surface area contributed by atoms with E-state index in [0.29, 0.717) is 5.56 Å². The minimum absolute atomic E-state index is 0.0265. The molecule has 1 aliphatic heterocycles. The molecule has 1 unspecified atom stereocenters. The van der Waals surface area contributed by atoms with Crippen LogP contribution in [0.2, 0.25) is 0 Å². The number of benzene rings is 1. The summed E-state index contributed by atoms with van der Waals surface area (Å²) in [5.41, 5.74) is 24.0. The van der Waals surface area contributed by atoms with Gasteiger partial charge in [-0.25, -0.2) is 0 Å². The maximum atomic E-state index is 14.1. The first-order valence-corrected chi connectivity index (χ1v) is 20.4. The third-order valence-corrected chi connectivity index (χ3v) is 9.73. The van der Waals surface area contributed by atoms with Crippen LogP contribution in [0, 0.1) is 5.92 Å². The van der Waals surface area contributed by atoms with E-state index in [1.807, 2.05) is 13.8 Å². The first kappa shape index (κ1) is 50.9. The highest BCUT2D eigenvalue weighted by Gasteiger charge is 2.35. The fourth-order valence-electron chi connectivity index (χ4n) is 6.27. The molecule has 0 aromatic heterocycles. The molecule has 21 heteroatoms. The number of hydrogen-bond acceptors (Lipinski definition) is 13. The second kappa shape index (κ2) is 26.1. The number of hydrogen-bond donors (Lipinski definition) is 13. The van der Waals surface area contributed by atoms with Gasteiger partial charge >= 0.3 is 0 Å². The minimum Gasteiger partial charge on any atom is -0.391 e. The highest BCUT2D eigenvalue weighted by Crippen LogP contribution is 2.10. The summed E-state index contributed by atoms with van der Waals surface area (Å²) in [6, 6.07) is -1.55. The maximum Gasteiger partial charge on any atom is 0.245 e. The lowest BCUT2D eigenvalue weighted by molar-refractivity contribution is -0.136. The number of nitrogens with one attached hydrogen (secondary N) is 8. The van der Waals surface area contributed by atoms with Gasteiger partial charge in [-0.2, -0.15) is 0 Å². The van der Waals surface area contributed by atoms with E-state index in [9.17, 15) is 43.5 Å². The fraction of sp³-hybridized carbons (Fsp3) is 0.641. The van der Waals surface area contributed by atoms with Gasteiger partial charge in [-0.05, 0) is 76.6 Å². The molecule has 336 valence electrons. The summed E-state index contributed by atoms with van der Waals surface area (Å²) >= 11 is 0. The van der Waals surface area contributed by atoms with Gasteiger partial charge in [0, 0.05) is 13.0 Å². The van der Waals surface area contributed by atoms with Crippen molar-refractivity contribution >= 4 is 47.3 Å². The van der Waals surface area contributed by atoms with Gasteiger partial charge in [-0.3, -0.25) is 38.4 Å². The third kappa shape index (κ3) is 16.8. The molecule has 1 heterocycles. The number of carbonyl (C=O) groups excluding carboxylic acids is 8. The lowest BCUT2D eigenvalue weighted by Gasteiger charge is -2.28. The number of aliphatic hydroxyl groups excluding tert-OH is 1. The van der Waals surface area contributed by atoms with Crippen molar-refractivity contribution < 1.29 is 43.5 Å². The summed E-state index contributed by atoms with van der Waals surface area (Å²) in [7, 11) is 0. The van der Waals surface area contributed by atoms with Gasteiger partial charge < -0.3 is 70.6 Å². The standard InChI is InChI=1S/C39H66N12O9/c1-5-24(43)32(53)45-28-14-18-44-39(60)31(22(4)52)51-36(57)27(13-17-42)47-33(54)25(11-15-40)48-37(58)29(19-21(2)3)49-38(59)30(20-23-9-7-6-8-10-23)50-34(55)26(12-16-41)46-35(28)56/h6-10,21-22,24-31,52H,5,11-20,40-43H2,1-4H3,(H,44,60)(H,45,53)(H,46,56)(H,47,54)(H,48,58)(H,49,59)(H,50,55)(H,51,57)/t22-,24+,25+,26+,27+,28+,29+,30-,31?/m1/s1. The highest BCUT2D eigenvalue weighted by molar-refractivity contribution is 5.98. The second-order valence-corrected chi connectivity index (χ2v) is 15.2. The molecule has 0 aliphatic carbocycles. The van der Waals surface area contributed by atoms with Crippen LogP contribution in [0.15, 0.2) is 30.3 Å². The van der Waals surface area contributed by atoms with Crippen molar-refractivity contribution in [3.8, 4) is 0 Å². The van der Waals surface area contributed by atoms with Crippen LogP contribution in [0.4, 0.5) is 0 Å². The molecule has 1 aliphatic rings. The van der Waals surface area contributed by atoms with Gasteiger partial charge in [0.15, 0.2) is 0 Å². The predicted octanol–water partition coefficient (Wildman–Crippen LogP) is -4.65. The Morgan fingerprint density at radius 3 is 1.62 bits per heavy atom. The van der Waals surface area contributed by atoms with Crippen LogP contribution in [0.5, 0.6) is 0 Å². The van der Waals surface area contributed by atoms with E-state index in [-0.39, 0.29) is 77.0 Å². The molecule has 21 nitrogen and oxygen atoms in total. The second-order valence-electron chi connectivity index (χ2n) is 15.2. The van der Waals surface area contributed by atoms with E-state index in [0.717, 1.165) is 0 Å². The van der Waals surface area contributed by atoms with Crippen LogP contribution < -0.4 is 65.5 Å². The summed E-state index contributed by atoms with van der Waals surface area (Å²) in [5.74, 6) is -6.49. The zero-order valence-corrected chi connectivity index (χ0v) is 35.0. The first-order valence-electron chi connectivity index (χ1n) is 20.4. The Morgan fingerprint density at radius 2 is 1.13 bits per heavy atom. The van der Waals surface area contributed by atoms with Gasteiger partial charge in [-0.1, -0.05) is 51.1 Å². The molecule has 1 saturated heterocycles. The quantitative estimate of drug-likeness (QED) is 0.0839. The van der Waals surface area contributed by atoms with Crippen molar-refractivity contribution in [2.75, 3.05) is 26.2 Å². The van der Waals surface area contributed by atoms with Crippen molar-refractivity contribution in [1.29, 1.82) is 0 Å². The smallest absolute Gasteiger partial charge is 0.245 e. The average Bonchev–Trinajstić information content (AvgIpc) is 3.20. The average molecular weight is 847 g/mol. The molecule has 17 N–H and O–H groups in total. The summed E-state index contributed by atoms with van der Waals surface area (Å²) in [6.07, 6.45) is -1.62. The van der Waals surface area contributed by atoms with E-state index in [1.54, 1.807) is 37.3 Å². The molecule has 60 heavy (non-hydrogen) atoms. The lowest BCUT2D eigenvalue weighted by atomic mass is 10.00. The summed E-state index contributed by atoms with van der Waals surface area (Å²) in [4.78, 5) is 109. The van der Waals surface area contributed by atoms with E-state index in [4.69, 9.17) is 22.9 Å². The van der Waals surface area contributed by atoms with Gasteiger partial charge in [0.25, 0.3) is 0 Å². The largest absolute Gasteiger partial charge is 0.391 e. The van der Waals surface area contributed by atoms with Crippen molar-refractivity contribution in [1.82, 2.24) is 42.5 Å². The highest BCUT2D eigenvalue weighted by atomic mass is 16.3. The Bertz CT molecular complexity index is 1600. The zero-order chi connectivity index (χ0) is 44.9. The van der Waals surface area contributed by atoms with Gasteiger partial charge in [0.1, 0.15) is 42.3 Å². The molecule has 0 bridgehead atoms. The molecule has 0 spiro atoms. The Hall–Kier alpha value is -5.22. The van der Waals surface area contributed by atoms with E-state index < -0.39 is 102 Å². The molecule has 0 saturated carbocycles. The molecule has 1 aromatic carbocycles. The molecule has 9 atom stereocenters. The van der Waals surface area contributed by atoms with Crippen molar-refractivity contribution in [2.24, 2.45) is 28.9 Å². The Labute approximate surface area is 350 Å². The number of aliphatic hydroxyl groups is 1. The number of amides is 8. The van der Waals surface area contributed by atoms with Crippen LogP contribution in [0.25, 0.3) is 0 Å². The van der Waals surface area contributed by atoms with Crippen LogP contribution in [-0.2, 0) is 44.8 Å². The van der Waals surface area contributed by atoms with Gasteiger partial charge in [-0.15, -0.1) is 0 Å². The first-order chi connectivity index (χ1) is 28.4. The molecule has 1 aromatic rings. The number of carbonyl (C=O) groups is 8. The third-order valence-electron chi connectivity index (χ3n) is 9.73. The molecule has 2 rings (SSSR count). The van der Waals surface area contributed by atoms with E-state index in [1.165, 1.54) is 6.92 Å². The summed E-state index contributed by atoms with van der Waals surface area (Å²) < 4.78 is 0. The van der Waals surface area contributed by atoms with Crippen molar-refractivity contribution in [2.45, 2.75) is 127 Å². The topological polar surface area (TPSA) is 357 Å². The molecule has 1 fully saturated rings. The van der Waals surface area contributed by atoms with Crippen LogP contribution in [0.3, 0.4) is 0 Å². The molecule has 0 radical (unpaired) electrons. The molecule has 8 amide bonds.